The second-order valence-corrected chi connectivity index (χ2v) is 4.91. The molecule has 1 unspecified atom stereocenters. The summed E-state index contributed by atoms with van der Waals surface area (Å²) in [6.45, 7) is 6.77. The van der Waals surface area contributed by atoms with Gasteiger partial charge in [0, 0.05) is 5.38 Å². The quantitative estimate of drug-likeness (QED) is 0.360. The zero-order chi connectivity index (χ0) is 10.8. The van der Waals surface area contributed by atoms with Gasteiger partial charge in [-0.15, -0.1) is 11.6 Å². The molecule has 0 spiro atoms. The van der Waals surface area contributed by atoms with Crippen LogP contribution in [-0.4, -0.2) is 5.38 Å². The fourth-order valence-corrected chi connectivity index (χ4v) is 2.48. The minimum atomic E-state index is 0.432. The molecule has 0 bridgehead atoms. The van der Waals surface area contributed by atoms with E-state index in [0.717, 1.165) is 5.92 Å². The van der Waals surface area contributed by atoms with Gasteiger partial charge in [0.2, 0.25) is 0 Å². The topological polar surface area (TPSA) is 0 Å². The molecule has 0 rings (SSSR count). The van der Waals surface area contributed by atoms with Gasteiger partial charge in [-0.3, -0.25) is 0 Å². The first kappa shape index (κ1) is 14.3. The number of hydrogen-bond acceptors (Lipinski definition) is 0. The molecule has 86 valence electrons. The number of alkyl halides is 1. The summed E-state index contributed by atoms with van der Waals surface area (Å²) in [5, 5.41) is 0.432. The molecule has 0 N–H and O–H groups in total. The van der Waals surface area contributed by atoms with E-state index in [-0.39, 0.29) is 0 Å². The summed E-state index contributed by atoms with van der Waals surface area (Å²) < 4.78 is 0. The first-order valence-electron chi connectivity index (χ1n) is 6.40. The second kappa shape index (κ2) is 9.83. The fourth-order valence-electron chi connectivity index (χ4n) is 2.07. The SMILES string of the molecule is CCCCCC(Cl)C(CCC)CCC. The van der Waals surface area contributed by atoms with Crippen molar-refractivity contribution in [1.29, 1.82) is 0 Å². The summed E-state index contributed by atoms with van der Waals surface area (Å²) in [6, 6.07) is 0. The first-order chi connectivity index (χ1) is 6.76. The van der Waals surface area contributed by atoms with Gasteiger partial charge in [-0.05, 0) is 25.2 Å². The Morgan fingerprint density at radius 2 is 1.36 bits per heavy atom. The van der Waals surface area contributed by atoms with Crippen molar-refractivity contribution < 1.29 is 0 Å². The highest BCUT2D eigenvalue weighted by atomic mass is 35.5. The third kappa shape index (κ3) is 6.70. The zero-order valence-corrected chi connectivity index (χ0v) is 10.9. The lowest BCUT2D eigenvalue weighted by Crippen LogP contribution is -2.14. The van der Waals surface area contributed by atoms with Crippen LogP contribution >= 0.6 is 11.6 Å². The van der Waals surface area contributed by atoms with Crippen LogP contribution in [0.15, 0.2) is 0 Å². The number of unbranched alkanes of at least 4 members (excludes halogenated alkanes) is 2. The van der Waals surface area contributed by atoms with Gasteiger partial charge in [0.15, 0.2) is 0 Å². The van der Waals surface area contributed by atoms with Gasteiger partial charge in [0.25, 0.3) is 0 Å². The Bertz CT molecular complexity index is 106. The lowest BCUT2D eigenvalue weighted by molar-refractivity contribution is 0.399. The summed E-state index contributed by atoms with van der Waals surface area (Å²) in [6.07, 6.45) is 10.4. The summed E-state index contributed by atoms with van der Waals surface area (Å²) >= 11 is 6.44. The molecule has 0 aliphatic rings. The van der Waals surface area contributed by atoms with Crippen LogP contribution < -0.4 is 0 Å². The molecule has 0 radical (unpaired) electrons. The Morgan fingerprint density at radius 1 is 0.786 bits per heavy atom. The molecule has 0 aromatic heterocycles. The van der Waals surface area contributed by atoms with Gasteiger partial charge in [-0.2, -0.15) is 0 Å². The molecule has 0 saturated carbocycles. The van der Waals surface area contributed by atoms with Crippen LogP contribution in [0.3, 0.4) is 0 Å². The molecular formula is C13H27Cl. The fraction of sp³-hybridized carbons (Fsp3) is 1.00. The van der Waals surface area contributed by atoms with Crippen molar-refractivity contribution >= 4 is 11.6 Å². The zero-order valence-electron chi connectivity index (χ0n) is 10.2. The normalized spacial score (nSPS) is 13.5. The van der Waals surface area contributed by atoms with Gasteiger partial charge < -0.3 is 0 Å². The van der Waals surface area contributed by atoms with E-state index in [9.17, 15) is 0 Å². The summed E-state index contributed by atoms with van der Waals surface area (Å²) in [5.41, 5.74) is 0. The highest BCUT2D eigenvalue weighted by Crippen LogP contribution is 2.26. The Kier molecular flexibility index (Phi) is 10.0. The standard InChI is InChI=1S/C13H27Cl/c1-4-7-8-11-13(14)12(9-5-2)10-6-3/h12-13H,4-11H2,1-3H3. The number of hydrogen-bond donors (Lipinski definition) is 0. The van der Waals surface area contributed by atoms with Crippen molar-refractivity contribution in [2.75, 3.05) is 0 Å². The molecule has 0 aromatic carbocycles. The maximum Gasteiger partial charge on any atom is 0.0364 e. The van der Waals surface area contributed by atoms with E-state index in [1.807, 2.05) is 0 Å². The maximum absolute atomic E-state index is 6.44. The van der Waals surface area contributed by atoms with Crippen molar-refractivity contribution in [2.24, 2.45) is 5.92 Å². The van der Waals surface area contributed by atoms with E-state index < -0.39 is 0 Å². The highest BCUT2D eigenvalue weighted by molar-refractivity contribution is 6.20. The lowest BCUT2D eigenvalue weighted by Gasteiger charge is -2.21. The van der Waals surface area contributed by atoms with Crippen LogP contribution in [0, 0.1) is 5.92 Å². The van der Waals surface area contributed by atoms with Crippen LogP contribution in [0.4, 0.5) is 0 Å². The molecule has 0 aromatic rings. The van der Waals surface area contributed by atoms with Crippen LogP contribution in [0.25, 0.3) is 0 Å². The Morgan fingerprint density at radius 3 is 1.79 bits per heavy atom. The molecule has 0 nitrogen and oxygen atoms in total. The molecule has 1 heteroatoms. The molecule has 0 aliphatic heterocycles. The molecule has 0 heterocycles. The average molecular weight is 219 g/mol. The van der Waals surface area contributed by atoms with E-state index >= 15 is 0 Å². The highest BCUT2D eigenvalue weighted by Gasteiger charge is 2.16. The van der Waals surface area contributed by atoms with E-state index in [4.69, 9.17) is 11.6 Å². The smallest absolute Gasteiger partial charge is 0.0364 e. The maximum atomic E-state index is 6.44. The summed E-state index contributed by atoms with van der Waals surface area (Å²) in [5.74, 6) is 0.767. The van der Waals surface area contributed by atoms with Crippen molar-refractivity contribution in [2.45, 2.75) is 77.5 Å². The van der Waals surface area contributed by atoms with Gasteiger partial charge in [0.1, 0.15) is 0 Å². The van der Waals surface area contributed by atoms with E-state index in [1.165, 1.54) is 51.4 Å². The minimum Gasteiger partial charge on any atom is -0.123 e. The van der Waals surface area contributed by atoms with E-state index in [0.29, 0.717) is 5.38 Å². The molecule has 0 amide bonds. The molecular weight excluding hydrogens is 192 g/mol. The van der Waals surface area contributed by atoms with Crippen molar-refractivity contribution in [3.8, 4) is 0 Å². The van der Waals surface area contributed by atoms with Crippen LogP contribution in [0.5, 0.6) is 0 Å². The molecule has 1 atom stereocenters. The van der Waals surface area contributed by atoms with Gasteiger partial charge in [0.05, 0.1) is 0 Å². The van der Waals surface area contributed by atoms with Crippen molar-refractivity contribution in [1.82, 2.24) is 0 Å². The third-order valence-electron chi connectivity index (χ3n) is 2.91. The van der Waals surface area contributed by atoms with Crippen LogP contribution in [0.2, 0.25) is 0 Å². The summed E-state index contributed by atoms with van der Waals surface area (Å²) in [4.78, 5) is 0. The summed E-state index contributed by atoms with van der Waals surface area (Å²) in [7, 11) is 0. The van der Waals surface area contributed by atoms with Crippen LogP contribution in [-0.2, 0) is 0 Å². The minimum absolute atomic E-state index is 0.432. The van der Waals surface area contributed by atoms with Crippen molar-refractivity contribution in [3.63, 3.8) is 0 Å². The molecule has 0 aliphatic carbocycles. The van der Waals surface area contributed by atoms with E-state index in [1.54, 1.807) is 0 Å². The van der Waals surface area contributed by atoms with Gasteiger partial charge in [-0.1, -0.05) is 52.9 Å². The predicted octanol–water partition coefficient (Wildman–Crippen LogP) is 5.39. The first-order valence-corrected chi connectivity index (χ1v) is 6.83. The molecule has 0 saturated heterocycles. The third-order valence-corrected chi connectivity index (χ3v) is 3.49. The largest absolute Gasteiger partial charge is 0.123 e. The van der Waals surface area contributed by atoms with Gasteiger partial charge >= 0.3 is 0 Å². The molecule has 0 fully saturated rings. The van der Waals surface area contributed by atoms with Crippen molar-refractivity contribution in [3.05, 3.63) is 0 Å². The Balaban J connectivity index is 3.69. The number of rotatable bonds is 9. The van der Waals surface area contributed by atoms with E-state index in [2.05, 4.69) is 20.8 Å². The second-order valence-electron chi connectivity index (χ2n) is 4.35. The average Bonchev–Trinajstić information content (AvgIpc) is 2.18. The predicted molar refractivity (Wildman–Crippen MR) is 67.1 cm³/mol. The van der Waals surface area contributed by atoms with Gasteiger partial charge in [-0.25, -0.2) is 0 Å². The Hall–Kier alpha value is 0.290. The Labute approximate surface area is 95.4 Å². The lowest BCUT2D eigenvalue weighted by atomic mass is 9.91. The number of halogens is 1. The van der Waals surface area contributed by atoms with Crippen LogP contribution in [0.1, 0.15) is 72.1 Å². The molecule has 14 heavy (non-hydrogen) atoms. The monoisotopic (exact) mass is 218 g/mol.